The van der Waals surface area contributed by atoms with Gasteiger partial charge in [-0.1, -0.05) is 12.1 Å². The summed E-state index contributed by atoms with van der Waals surface area (Å²) in [4.78, 5) is 4.42. The fourth-order valence-corrected chi connectivity index (χ4v) is 2.25. The Labute approximate surface area is 111 Å². The van der Waals surface area contributed by atoms with Gasteiger partial charge in [-0.2, -0.15) is 5.10 Å². The van der Waals surface area contributed by atoms with Crippen molar-refractivity contribution in [1.29, 1.82) is 0 Å². The van der Waals surface area contributed by atoms with Gasteiger partial charge in [0.2, 0.25) is 0 Å². The number of pyridine rings is 1. The van der Waals surface area contributed by atoms with Crippen LogP contribution in [0.25, 0.3) is 5.65 Å². The van der Waals surface area contributed by atoms with Crippen molar-refractivity contribution in [3.63, 3.8) is 0 Å². The summed E-state index contributed by atoms with van der Waals surface area (Å²) in [6.45, 7) is 0. The molecule has 0 N–H and O–H groups in total. The van der Waals surface area contributed by atoms with E-state index in [0.717, 1.165) is 15.7 Å². The van der Waals surface area contributed by atoms with Crippen molar-refractivity contribution in [3.05, 3.63) is 64.3 Å². The van der Waals surface area contributed by atoms with Gasteiger partial charge in [0, 0.05) is 12.6 Å². The fourth-order valence-electron chi connectivity index (χ4n) is 1.82. The first-order valence-corrected chi connectivity index (χ1v) is 6.26. The zero-order valence-electron chi connectivity index (χ0n) is 9.35. The van der Waals surface area contributed by atoms with E-state index >= 15 is 0 Å². The molecule has 0 amide bonds. The van der Waals surface area contributed by atoms with Crippen LogP contribution in [0.15, 0.2) is 47.1 Å². The Morgan fingerprint density at radius 1 is 1.22 bits per heavy atom. The van der Waals surface area contributed by atoms with Crippen molar-refractivity contribution in [2.75, 3.05) is 0 Å². The number of halogens is 2. The van der Waals surface area contributed by atoms with Gasteiger partial charge < -0.3 is 0 Å². The zero-order valence-corrected chi connectivity index (χ0v) is 10.9. The molecule has 0 radical (unpaired) electrons. The van der Waals surface area contributed by atoms with Crippen LogP contribution < -0.4 is 0 Å². The molecule has 0 saturated carbocycles. The van der Waals surface area contributed by atoms with E-state index in [-0.39, 0.29) is 5.82 Å². The molecular weight excluding hydrogens is 297 g/mol. The molecule has 0 aliphatic heterocycles. The van der Waals surface area contributed by atoms with Gasteiger partial charge in [-0.25, -0.2) is 13.9 Å². The molecule has 3 rings (SSSR count). The Balaban J connectivity index is 1.98. The number of aromatic nitrogens is 3. The number of nitrogens with zero attached hydrogens (tertiary/aromatic N) is 3. The van der Waals surface area contributed by atoms with Gasteiger partial charge in [0.1, 0.15) is 5.82 Å². The predicted octanol–water partition coefficient (Wildman–Crippen LogP) is 3.22. The third-order valence-corrected chi connectivity index (χ3v) is 3.23. The van der Waals surface area contributed by atoms with Crippen LogP contribution in [0, 0.1) is 5.82 Å². The van der Waals surface area contributed by atoms with Gasteiger partial charge >= 0.3 is 0 Å². The van der Waals surface area contributed by atoms with Crippen molar-refractivity contribution in [2.24, 2.45) is 0 Å². The van der Waals surface area contributed by atoms with Crippen molar-refractivity contribution in [3.8, 4) is 0 Å². The summed E-state index contributed by atoms with van der Waals surface area (Å²) in [7, 11) is 0. The molecule has 0 aliphatic rings. The standard InChI is InChI=1S/C13H9BrFN3/c14-11-5-2-6-18-13(11)16-12(17-18)8-9-3-1-4-10(15)7-9/h1-7H,8H2. The Kier molecular flexibility index (Phi) is 2.83. The van der Waals surface area contributed by atoms with Crippen molar-refractivity contribution in [1.82, 2.24) is 14.6 Å². The SMILES string of the molecule is Fc1cccc(Cc2nc3c(Br)cccn3n2)c1. The average molecular weight is 306 g/mol. The molecule has 3 nitrogen and oxygen atoms in total. The topological polar surface area (TPSA) is 30.2 Å². The molecule has 3 aromatic rings. The van der Waals surface area contributed by atoms with E-state index in [1.165, 1.54) is 12.1 Å². The maximum Gasteiger partial charge on any atom is 0.169 e. The smallest absolute Gasteiger partial charge is 0.169 e. The lowest BCUT2D eigenvalue weighted by molar-refractivity contribution is 0.625. The van der Waals surface area contributed by atoms with E-state index in [1.807, 2.05) is 24.4 Å². The van der Waals surface area contributed by atoms with Crippen LogP contribution in [0.2, 0.25) is 0 Å². The second-order valence-electron chi connectivity index (χ2n) is 3.96. The van der Waals surface area contributed by atoms with Crippen LogP contribution in [0.5, 0.6) is 0 Å². The highest BCUT2D eigenvalue weighted by Gasteiger charge is 2.07. The molecular formula is C13H9BrFN3. The number of fused-ring (bicyclic) bond motifs is 1. The summed E-state index contributed by atoms with van der Waals surface area (Å²) in [6, 6.07) is 10.3. The van der Waals surface area contributed by atoms with Gasteiger partial charge in [0.15, 0.2) is 11.5 Å². The van der Waals surface area contributed by atoms with Gasteiger partial charge in [0.05, 0.1) is 4.47 Å². The lowest BCUT2D eigenvalue weighted by atomic mass is 10.1. The molecule has 0 unspecified atom stereocenters. The third kappa shape index (κ3) is 2.13. The molecule has 90 valence electrons. The third-order valence-electron chi connectivity index (χ3n) is 2.61. The van der Waals surface area contributed by atoms with Crippen LogP contribution in [0.3, 0.4) is 0 Å². The van der Waals surface area contributed by atoms with E-state index in [2.05, 4.69) is 26.0 Å². The summed E-state index contributed by atoms with van der Waals surface area (Å²) in [5.41, 5.74) is 1.63. The Bertz CT molecular complexity index is 708. The quantitative estimate of drug-likeness (QED) is 0.727. The zero-order chi connectivity index (χ0) is 12.5. The Morgan fingerprint density at radius 2 is 2.11 bits per heavy atom. The molecule has 0 atom stereocenters. The number of hydrogen-bond donors (Lipinski definition) is 0. The molecule has 1 aromatic carbocycles. The van der Waals surface area contributed by atoms with Crippen LogP contribution in [0.4, 0.5) is 4.39 Å². The molecule has 2 aromatic heterocycles. The lowest BCUT2D eigenvalue weighted by Gasteiger charge is -1.96. The minimum Gasteiger partial charge on any atom is -0.220 e. The summed E-state index contributed by atoms with van der Waals surface area (Å²) in [6.07, 6.45) is 2.36. The predicted molar refractivity (Wildman–Crippen MR) is 69.9 cm³/mol. The number of benzene rings is 1. The van der Waals surface area contributed by atoms with Gasteiger partial charge in [0.25, 0.3) is 0 Å². The highest BCUT2D eigenvalue weighted by atomic mass is 79.9. The molecule has 0 fully saturated rings. The highest BCUT2D eigenvalue weighted by Crippen LogP contribution is 2.16. The maximum absolute atomic E-state index is 13.1. The van der Waals surface area contributed by atoms with Crippen molar-refractivity contribution in [2.45, 2.75) is 6.42 Å². The number of rotatable bonds is 2. The molecule has 2 heterocycles. The van der Waals surface area contributed by atoms with E-state index in [9.17, 15) is 4.39 Å². The lowest BCUT2D eigenvalue weighted by Crippen LogP contribution is -1.92. The fraction of sp³-hybridized carbons (Fsp3) is 0.0769. The second kappa shape index (κ2) is 4.49. The van der Waals surface area contributed by atoms with Crippen molar-refractivity contribution >= 4 is 21.6 Å². The molecule has 5 heteroatoms. The summed E-state index contributed by atoms with van der Waals surface area (Å²) >= 11 is 3.42. The molecule has 0 bridgehead atoms. The summed E-state index contributed by atoms with van der Waals surface area (Å²) < 4.78 is 15.7. The van der Waals surface area contributed by atoms with E-state index in [1.54, 1.807) is 10.6 Å². The highest BCUT2D eigenvalue weighted by molar-refractivity contribution is 9.10. The van der Waals surface area contributed by atoms with E-state index < -0.39 is 0 Å². The van der Waals surface area contributed by atoms with E-state index in [4.69, 9.17) is 0 Å². The van der Waals surface area contributed by atoms with E-state index in [0.29, 0.717) is 12.2 Å². The van der Waals surface area contributed by atoms with Crippen molar-refractivity contribution < 1.29 is 4.39 Å². The molecule has 18 heavy (non-hydrogen) atoms. The van der Waals surface area contributed by atoms with Gasteiger partial charge in [-0.3, -0.25) is 0 Å². The summed E-state index contributed by atoms with van der Waals surface area (Å²) in [5.74, 6) is 0.435. The maximum atomic E-state index is 13.1. The molecule has 0 saturated heterocycles. The molecule has 0 spiro atoms. The minimum atomic E-state index is -0.238. The first-order chi connectivity index (χ1) is 8.72. The average Bonchev–Trinajstić information content (AvgIpc) is 2.73. The first kappa shape index (κ1) is 11.3. The molecule has 0 aliphatic carbocycles. The monoisotopic (exact) mass is 305 g/mol. The first-order valence-electron chi connectivity index (χ1n) is 5.46. The largest absolute Gasteiger partial charge is 0.220 e. The summed E-state index contributed by atoms with van der Waals surface area (Å²) in [5, 5.41) is 4.35. The van der Waals surface area contributed by atoms with Crippen LogP contribution in [0.1, 0.15) is 11.4 Å². The van der Waals surface area contributed by atoms with Crippen LogP contribution >= 0.6 is 15.9 Å². The Morgan fingerprint density at radius 3 is 2.89 bits per heavy atom. The normalized spacial score (nSPS) is 11.0. The van der Waals surface area contributed by atoms with Crippen LogP contribution in [-0.2, 0) is 6.42 Å². The minimum absolute atomic E-state index is 0.238. The second-order valence-corrected chi connectivity index (χ2v) is 4.81. The Hall–Kier alpha value is -1.75. The van der Waals surface area contributed by atoms with Gasteiger partial charge in [-0.05, 0) is 45.8 Å². The van der Waals surface area contributed by atoms with Crippen LogP contribution in [-0.4, -0.2) is 14.6 Å². The number of hydrogen-bond acceptors (Lipinski definition) is 2. The van der Waals surface area contributed by atoms with Gasteiger partial charge in [-0.15, -0.1) is 0 Å².